The third kappa shape index (κ3) is 6.75. The predicted octanol–water partition coefficient (Wildman–Crippen LogP) is -0.708. The number of hydrogen-bond donors (Lipinski definition) is 4. The summed E-state index contributed by atoms with van der Waals surface area (Å²) in [6.07, 6.45) is -3.95. The largest absolute Gasteiger partial charge is 0.388 e. The molecule has 12 nitrogen and oxygen atoms in total. The third-order valence-corrected chi connectivity index (χ3v) is 9.07. The molecule has 4 amide bonds. The van der Waals surface area contributed by atoms with Crippen molar-refractivity contribution in [3.8, 4) is 0 Å². The number of amides is 4. The lowest BCUT2D eigenvalue weighted by molar-refractivity contribution is -0.151. The number of carbonyl (C=O) groups is 4. The Morgan fingerprint density at radius 1 is 1.10 bits per heavy atom. The van der Waals surface area contributed by atoms with Crippen LogP contribution in [0.3, 0.4) is 0 Å². The van der Waals surface area contributed by atoms with Gasteiger partial charge in [-0.2, -0.15) is 11.3 Å². The minimum atomic E-state index is -1.29. The molecule has 226 valence electrons. The van der Waals surface area contributed by atoms with Crippen LogP contribution in [0.1, 0.15) is 45.6 Å². The molecule has 41 heavy (non-hydrogen) atoms. The summed E-state index contributed by atoms with van der Waals surface area (Å²) in [5, 5.41) is 30.9. The molecule has 5 rings (SSSR count). The van der Waals surface area contributed by atoms with E-state index in [4.69, 9.17) is 4.74 Å². The van der Waals surface area contributed by atoms with Crippen molar-refractivity contribution in [3.63, 3.8) is 0 Å². The molecule has 4 saturated heterocycles. The lowest BCUT2D eigenvalue weighted by atomic mass is 9.91. The average Bonchev–Trinajstić information content (AvgIpc) is 3.62. The van der Waals surface area contributed by atoms with Crippen molar-refractivity contribution in [3.05, 3.63) is 22.4 Å². The monoisotopic (exact) mass is 591 g/mol. The van der Waals surface area contributed by atoms with E-state index >= 15 is 0 Å². The van der Waals surface area contributed by atoms with Gasteiger partial charge in [-0.1, -0.05) is 20.8 Å². The molecule has 1 aromatic rings. The normalized spacial score (nSPS) is 33.6. The number of thiophene rings is 1. The maximum absolute atomic E-state index is 14.0. The fourth-order valence-electron chi connectivity index (χ4n) is 6.28. The fourth-order valence-corrected chi connectivity index (χ4v) is 6.94. The molecule has 0 saturated carbocycles. The molecule has 4 fully saturated rings. The summed E-state index contributed by atoms with van der Waals surface area (Å²) in [4.78, 5) is 59.0. The van der Waals surface area contributed by atoms with E-state index in [0.717, 1.165) is 5.56 Å². The molecule has 4 aliphatic heterocycles. The summed E-state index contributed by atoms with van der Waals surface area (Å²) >= 11 is 1.58. The van der Waals surface area contributed by atoms with Gasteiger partial charge in [0, 0.05) is 45.2 Å². The number of nitrogens with zero attached hydrogens (tertiary/aromatic N) is 3. The number of hydrogen-bond acceptors (Lipinski definition) is 9. The van der Waals surface area contributed by atoms with Gasteiger partial charge in [-0.05, 0) is 34.2 Å². The Labute approximate surface area is 244 Å². The number of carbonyl (C=O) groups excluding carboxylic acids is 4. The molecule has 4 N–H and O–H groups in total. The second-order valence-corrected chi connectivity index (χ2v) is 13.6. The van der Waals surface area contributed by atoms with Crippen molar-refractivity contribution in [1.82, 2.24) is 25.3 Å². The summed E-state index contributed by atoms with van der Waals surface area (Å²) < 4.78 is 5.81. The SMILES string of the molecule is CC(C)(C)CC(=O)N1CCN2C[C@H]1C(=O)NC[C@H]1O[C@@H](CC(=O)N[C@H]3C[C@@H](C2=O)N(Cc2ccsc2)C3)[C@H](O)[C@@H]1O. The Morgan fingerprint density at radius 3 is 2.56 bits per heavy atom. The zero-order chi connectivity index (χ0) is 29.5. The first kappa shape index (κ1) is 29.9. The number of nitrogens with one attached hydrogen (secondary N) is 2. The van der Waals surface area contributed by atoms with E-state index in [0.29, 0.717) is 26.1 Å². The maximum Gasteiger partial charge on any atom is 0.244 e. The van der Waals surface area contributed by atoms with Crippen LogP contribution in [-0.2, 0) is 30.5 Å². The minimum Gasteiger partial charge on any atom is -0.388 e. The lowest BCUT2D eigenvalue weighted by Crippen LogP contribution is -2.63. The van der Waals surface area contributed by atoms with E-state index in [1.165, 1.54) is 0 Å². The zero-order valence-corrected chi connectivity index (χ0v) is 24.6. The second-order valence-electron chi connectivity index (χ2n) is 12.8. The van der Waals surface area contributed by atoms with Gasteiger partial charge >= 0.3 is 0 Å². The molecule has 0 radical (unpaired) electrons. The topological polar surface area (TPSA) is 152 Å². The molecule has 0 spiro atoms. The summed E-state index contributed by atoms with van der Waals surface area (Å²) in [6.45, 7) is 7.34. The highest BCUT2D eigenvalue weighted by molar-refractivity contribution is 7.07. The molecule has 5 heterocycles. The van der Waals surface area contributed by atoms with E-state index in [2.05, 4.69) is 15.5 Å². The zero-order valence-electron chi connectivity index (χ0n) is 23.8. The van der Waals surface area contributed by atoms with Gasteiger partial charge in [-0.3, -0.25) is 24.1 Å². The Kier molecular flexibility index (Phi) is 8.72. The number of fused-ring (bicyclic) bond motifs is 6. The van der Waals surface area contributed by atoms with Gasteiger partial charge in [-0.15, -0.1) is 0 Å². The molecular formula is C28H41N5O7S. The maximum atomic E-state index is 14.0. The van der Waals surface area contributed by atoms with Gasteiger partial charge in [-0.25, -0.2) is 0 Å². The van der Waals surface area contributed by atoms with Crippen molar-refractivity contribution in [2.75, 3.05) is 32.7 Å². The van der Waals surface area contributed by atoms with Crippen molar-refractivity contribution in [2.24, 2.45) is 5.41 Å². The van der Waals surface area contributed by atoms with Crippen LogP contribution < -0.4 is 10.6 Å². The van der Waals surface area contributed by atoms with Gasteiger partial charge < -0.3 is 35.4 Å². The molecule has 1 aromatic heterocycles. The van der Waals surface area contributed by atoms with E-state index in [9.17, 15) is 29.4 Å². The van der Waals surface area contributed by atoms with E-state index in [1.807, 2.05) is 37.6 Å². The highest BCUT2D eigenvalue weighted by Gasteiger charge is 2.47. The molecule has 7 atom stereocenters. The summed E-state index contributed by atoms with van der Waals surface area (Å²) in [5.41, 5.74) is 0.792. The summed E-state index contributed by atoms with van der Waals surface area (Å²) in [7, 11) is 0. The fraction of sp³-hybridized carbons (Fsp3) is 0.714. The number of likely N-dealkylation sites (tertiary alicyclic amines) is 1. The average molecular weight is 592 g/mol. The lowest BCUT2D eigenvalue weighted by Gasteiger charge is -2.42. The quantitative estimate of drug-likeness (QED) is 0.360. The van der Waals surface area contributed by atoms with Crippen LogP contribution >= 0.6 is 11.3 Å². The van der Waals surface area contributed by atoms with Gasteiger partial charge in [0.15, 0.2) is 0 Å². The van der Waals surface area contributed by atoms with E-state index in [-0.39, 0.29) is 61.7 Å². The first-order valence-corrected chi connectivity index (χ1v) is 15.3. The Hall–Kier alpha value is -2.58. The minimum absolute atomic E-state index is 0.0414. The molecule has 4 aliphatic rings. The molecule has 13 heteroatoms. The number of piperazine rings is 1. The summed E-state index contributed by atoms with van der Waals surface area (Å²) in [6, 6.07) is 0.301. The van der Waals surface area contributed by atoms with E-state index in [1.54, 1.807) is 21.1 Å². The van der Waals surface area contributed by atoms with E-state index < -0.39 is 42.4 Å². The molecule has 0 aromatic carbocycles. The summed E-state index contributed by atoms with van der Waals surface area (Å²) in [5.74, 6) is -1.08. The number of rotatable bonds is 3. The Bertz CT molecular complexity index is 1140. The van der Waals surface area contributed by atoms with Crippen molar-refractivity contribution in [1.29, 1.82) is 0 Å². The van der Waals surface area contributed by atoms with Gasteiger partial charge in [0.05, 0.1) is 25.1 Å². The highest BCUT2D eigenvalue weighted by Crippen LogP contribution is 2.28. The van der Waals surface area contributed by atoms with Crippen molar-refractivity contribution >= 4 is 35.0 Å². The van der Waals surface area contributed by atoms with Crippen LogP contribution in [0.15, 0.2) is 16.8 Å². The Balaban J connectivity index is 1.43. The van der Waals surface area contributed by atoms with Crippen LogP contribution in [0.25, 0.3) is 0 Å². The molecule has 0 unspecified atom stereocenters. The molecule has 6 bridgehead atoms. The first-order chi connectivity index (χ1) is 19.4. The van der Waals surface area contributed by atoms with Gasteiger partial charge in [0.25, 0.3) is 0 Å². The first-order valence-electron chi connectivity index (χ1n) is 14.3. The van der Waals surface area contributed by atoms with Gasteiger partial charge in [0.1, 0.15) is 24.4 Å². The van der Waals surface area contributed by atoms with Crippen LogP contribution in [0.2, 0.25) is 0 Å². The van der Waals surface area contributed by atoms with Crippen LogP contribution in [0.5, 0.6) is 0 Å². The number of aliphatic hydroxyl groups is 2. The highest BCUT2D eigenvalue weighted by atomic mass is 32.1. The molecular weight excluding hydrogens is 550 g/mol. The molecule has 0 aliphatic carbocycles. The second kappa shape index (κ2) is 12.0. The van der Waals surface area contributed by atoms with Gasteiger partial charge in [0.2, 0.25) is 23.6 Å². The Morgan fingerprint density at radius 2 is 1.85 bits per heavy atom. The van der Waals surface area contributed by atoms with Crippen molar-refractivity contribution < 1.29 is 34.1 Å². The van der Waals surface area contributed by atoms with Crippen LogP contribution in [0.4, 0.5) is 0 Å². The standard InChI is InChI=1S/C28H41N5O7S/c1-28(2,3)10-23(35)33-6-5-31-14-19(33)26(38)29-11-21-25(37)24(36)20(40-21)9-22(34)30-17-8-18(27(31)39)32(13-17)12-16-4-7-41-15-16/h4,7,15,17-21,24-25,36-37H,5-6,8-14H2,1-3H3,(H,29,38)(H,30,34)/t17-,18-,19-,20-,21+,24-,25+/m0/s1. The van der Waals surface area contributed by atoms with Crippen molar-refractivity contribution in [2.45, 2.75) is 89.1 Å². The van der Waals surface area contributed by atoms with Crippen LogP contribution in [0, 0.1) is 5.41 Å². The third-order valence-electron chi connectivity index (χ3n) is 8.34. The van der Waals surface area contributed by atoms with Crippen LogP contribution in [-0.4, -0.2) is 124 Å². The number of ether oxygens (including phenoxy) is 1. The number of aliphatic hydroxyl groups excluding tert-OH is 2. The predicted molar refractivity (Wildman–Crippen MR) is 150 cm³/mol. The smallest absolute Gasteiger partial charge is 0.244 e.